The minimum absolute atomic E-state index is 0.319. The van der Waals surface area contributed by atoms with Crippen molar-refractivity contribution in [2.75, 3.05) is 7.05 Å². The first-order chi connectivity index (χ1) is 10.1. The Morgan fingerprint density at radius 2 is 1.90 bits per heavy atom. The molecule has 5 heteroatoms. The Kier molecular flexibility index (Phi) is 5.53. The van der Waals surface area contributed by atoms with Gasteiger partial charge in [-0.25, -0.2) is 4.39 Å². The second-order valence-corrected chi connectivity index (χ2v) is 5.49. The lowest BCUT2D eigenvalue weighted by atomic mass is 10.2. The van der Waals surface area contributed by atoms with Crippen molar-refractivity contribution in [3.05, 3.63) is 70.5 Å². The van der Waals surface area contributed by atoms with E-state index < -0.39 is 0 Å². The Morgan fingerprint density at radius 3 is 2.57 bits per heavy atom. The summed E-state index contributed by atoms with van der Waals surface area (Å²) in [7, 11) is 1.81. The minimum Gasteiger partial charge on any atom is -0.358 e. The van der Waals surface area contributed by atoms with Crippen LogP contribution in [0.15, 0.2) is 48.5 Å². The van der Waals surface area contributed by atoms with E-state index in [0.717, 1.165) is 5.56 Å². The molecule has 0 aliphatic rings. The predicted molar refractivity (Wildman–Crippen MR) is 88.8 cm³/mol. The second kappa shape index (κ2) is 7.38. The van der Waals surface area contributed by atoms with Gasteiger partial charge in [-0.15, -0.1) is 0 Å². The van der Waals surface area contributed by atoms with Crippen molar-refractivity contribution in [3.63, 3.8) is 0 Å². The smallest absolute Gasteiger partial charge is 0.169 e. The third kappa shape index (κ3) is 4.41. The highest BCUT2D eigenvalue weighted by molar-refractivity contribution is 7.80. The van der Waals surface area contributed by atoms with Crippen LogP contribution >= 0.6 is 23.8 Å². The Balaban J connectivity index is 1.94. The lowest BCUT2D eigenvalue weighted by molar-refractivity contribution is 0.470. The van der Waals surface area contributed by atoms with Crippen LogP contribution < -0.4 is 5.32 Å². The third-order valence-electron chi connectivity index (χ3n) is 3.09. The maximum atomic E-state index is 13.8. The van der Waals surface area contributed by atoms with E-state index in [1.807, 2.05) is 37.4 Å². The maximum Gasteiger partial charge on any atom is 0.169 e. The molecule has 2 nitrogen and oxygen atoms in total. The van der Waals surface area contributed by atoms with Crippen molar-refractivity contribution >= 4 is 28.9 Å². The molecular formula is C16H16ClFN2S. The van der Waals surface area contributed by atoms with Crippen molar-refractivity contribution in [1.29, 1.82) is 0 Å². The Bertz CT molecular complexity index is 599. The zero-order valence-corrected chi connectivity index (χ0v) is 13.2. The molecule has 0 aliphatic carbocycles. The van der Waals surface area contributed by atoms with Crippen LogP contribution in [0.3, 0.4) is 0 Å². The van der Waals surface area contributed by atoms with Gasteiger partial charge in [-0.1, -0.05) is 48.0 Å². The maximum absolute atomic E-state index is 13.8. The zero-order chi connectivity index (χ0) is 15.2. The molecule has 0 radical (unpaired) electrons. The molecular weight excluding hydrogens is 307 g/mol. The van der Waals surface area contributed by atoms with Crippen molar-refractivity contribution in [2.24, 2.45) is 0 Å². The first kappa shape index (κ1) is 15.7. The predicted octanol–water partition coefficient (Wildman–Crippen LogP) is 3.99. The number of thiocarbonyl (C=S) groups is 1. The lowest BCUT2D eigenvalue weighted by Gasteiger charge is -2.22. The first-order valence-electron chi connectivity index (χ1n) is 6.53. The van der Waals surface area contributed by atoms with Gasteiger partial charge in [-0.2, -0.15) is 0 Å². The molecule has 0 bridgehead atoms. The molecule has 2 aromatic carbocycles. The van der Waals surface area contributed by atoms with E-state index in [1.54, 1.807) is 17.0 Å². The van der Waals surface area contributed by atoms with E-state index >= 15 is 0 Å². The number of hydrogen-bond donors (Lipinski definition) is 1. The molecule has 0 heterocycles. The number of benzene rings is 2. The molecule has 0 fully saturated rings. The molecule has 0 amide bonds. The summed E-state index contributed by atoms with van der Waals surface area (Å²) in [5, 5.41) is 4.11. The van der Waals surface area contributed by atoms with Crippen LogP contribution in [0.4, 0.5) is 4.39 Å². The fourth-order valence-electron chi connectivity index (χ4n) is 1.90. The molecule has 0 spiro atoms. The summed E-state index contributed by atoms with van der Waals surface area (Å²) in [6, 6.07) is 14.6. The molecule has 2 aromatic rings. The van der Waals surface area contributed by atoms with Gasteiger partial charge in [0.2, 0.25) is 0 Å². The Labute approximate surface area is 134 Å². The van der Waals surface area contributed by atoms with Crippen LogP contribution in [0, 0.1) is 5.82 Å². The van der Waals surface area contributed by atoms with E-state index in [4.69, 9.17) is 23.8 Å². The van der Waals surface area contributed by atoms with Crippen molar-refractivity contribution in [3.8, 4) is 0 Å². The number of rotatable bonds is 4. The number of halogens is 2. The van der Waals surface area contributed by atoms with Crippen LogP contribution in [-0.4, -0.2) is 17.1 Å². The molecule has 0 saturated carbocycles. The van der Waals surface area contributed by atoms with Crippen LogP contribution in [0.2, 0.25) is 5.02 Å². The van der Waals surface area contributed by atoms with E-state index in [0.29, 0.717) is 28.8 Å². The van der Waals surface area contributed by atoms with E-state index in [1.165, 1.54) is 6.07 Å². The summed E-state index contributed by atoms with van der Waals surface area (Å²) < 4.78 is 13.8. The molecule has 110 valence electrons. The Hall–Kier alpha value is -1.65. The lowest BCUT2D eigenvalue weighted by Crippen LogP contribution is -2.36. The van der Waals surface area contributed by atoms with Gasteiger partial charge in [0, 0.05) is 30.7 Å². The van der Waals surface area contributed by atoms with Gasteiger partial charge in [0.15, 0.2) is 5.11 Å². The second-order valence-electron chi connectivity index (χ2n) is 4.70. The molecule has 0 aliphatic heterocycles. The van der Waals surface area contributed by atoms with E-state index in [-0.39, 0.29) is 5.82 Å². The van der Waals surface area contributed by atoms with Gasteiger partial charge in [0.1, 0.15) is 5.82 Å². The number of nitrogens with one attached hydrogen (secondary N) is 1. The number of nitrogens with zero attached hydrogens (tertiary/aromatic N) is 1. The highest BCUT2D eigenvalue weighted by Gasteiger charge is 2.11. The van der Waals surface area contributed by atoms with Gasteiger partial charge in [-0.05, 0) is 29.9 Å². The monoisotopic (exact) mass is 322 g/mol. The fourth-order valence-corrected chi connectivity index (χ4v) is 2.26. The van der Waals surface area contributed by atoms with Gasteiger partial charge >= 0.3 is 0 Å². The van der Waals surface area contributed by atoms with Crippen molar-refractivity contribution < 1.29 is 4.39 Å². The topological polar surface area (TPSA) is 15.3 Å². The van der Waals surface area contributed by atoms with Crippen LogP contribution in [0.5, 0.6) is 0 Å². The van der Waals surface area contributed by atoms with Crippen molar-refractivity contribution in [1.82, 2.24) is 10.2 Å². The molecule has 0 unspecified atom stereocenters. The summed E-state index contributed by atoms with van der Waals surface area (Å²) >= 11 is 11.3. The van der Waals surface area contributed by atoms with Crippen LogP contribution in [0.1, 0.15) is 11.1 Å². The fraction of sp³-hybridized carbons (Fsp3) is 0.188. The van der Waals surface area contributed by atoms with E-state index in [2.05, 4.69) is 5.32 Å². The minimum atomic E-state index is -0.319. The SMILES string of the molecule is CN(Cc1c(F)cccc1Cl)C(=S)NCc1ccccc1. The summed E-state index contributed by atoms with van der Waals surface area (Å²) in [5.41, 5.74) is 1.59. The quantitative estimate of drug-likeness (QED) is 0.857. The summed E-state index contributed by atoms with van der Waals surface area (Å²) in [6.07, 6.45) is 0. The highest BCUT2D eigenvalue weighted by atomic mass is 35.5. The van der Waals surface area contributed by atoms with Gasteiger partial charge in [-0.3, -0.25) is 0 Å². The average Bonchev–Trinajstić information content (AvgIpc) is 2.49. The third-order valence-corrected chi connectivity index (χ3v) is 3.90. The van der Waals surface area contributed by atoms with Gasteiger partial charge in [0.25, 0.3) is 0 Å². The standard InChI is InChI=1S/C16H16ClFN2S/c1-20(11-13-14(17)8-5-9-15(13)18)16(21)19-10-12-6-3-2-4-7-12/h2-9H,10-11H2,1H3,(H,19,21). The van der Waals surface area contributed by atoms with Crippen LogP contribution in [0.25, 0.3) is 0 Å². The molecule has 1 N–H and O–H groups in total. The van der Waals surface area contributed by atoms with Gasteiger partial charge < -0.3 is 10.2 Å². The molecule has 21 heavy (non-hydrogen) atoms. The first-order valence-corrected chi connectivity index (χ1v) is 7.32. The van der Waals surface area contributed by atoms with Crippen molar-refractivity contribution in [2.45, 2.75) is 13.1 Å². The van der Waals surface area contributed by atoms with Gasteiger partial charge in [0.05, 0.1) is 0 Å². The zero-order valence-electron chi connectivity index (χ0n) is 11.6. The summed E-state index contributed by atoms with van der Waals surface area (Å²) in [4.78, 5) is 1.77. The highest BCUT2D eigenvalue weighted by Crippen LogP contribution is 2.20. The van der Waals surface area contributed by atoms with E-state index in [9.17, 15) is 4.39 Å². The molecule has 0 atom stereocenters. The normalized spacial score (nSPS) is 10.2. The van der Waals surface area contributed by atoms with Crippen LogP contribution in [-0.2, 0) is 13.1 Å². The number of hydrogen-bond acceptors (Lipinski definition) is 1. The molecule has 2 rings (SSSR count). The molecule has 0 aromatic heterocycles. The molecule has 0 saturated heterocycles. The average molecular weight is 323 g/mol. The Morgan fingerprint density at radius 1 is 1.19 bits per heavy atom. The summed E-state index contributed by atoms with van der Waals surface area (Å²) in [6.45, 7) is 0.959. The largest absolute Gasteiger partial charge is 0.358 e. The summed E-state index contributed by atoms with van der Waals surface area (Å²) in [5.74, 6) is -0.319.